The van der Waals surface area contributed by atoms with Gasteiger partial charge in [-0.3, -0.25) is 14.5 Å². The maximum Gasteiger partial charge on any atom is 0.482 e. The third-order valence-corrected chi connectivity index (χ3v) is 8.21. The summed E-state index contributed by atoms with van der Waals surface area (Å²) in [4.78, 5) is 39.0. The van der Waals surface area contributed by atoms with Crippen molar-refractivity contribution in [2.24, 2.45) is 11.7 Å². The van der Waals surface area contributed by atoms with Crippen LogP contribution in [-0.2, 0) is 17.8 Å². The van der Waals surface area contributed by atoms with Crippen LogP contribution in [0.15, 0.2) is 61.1 Å². The molecular weight excluding hydrogens is 606 g/mol. The third-order valence-electron chi connectivity index (χ3n) is 8.21. The molecule has 1 saturated carbocycles. The van der Waals surface area contributed by atoms with Crippen LogP contribution in [0.25, 0.3) is 22.2 Å². The van der Waals surface area contributed by atoms with E-state index in [1.807, 2.05) is 6.92 Å². The molecule has 4 heterocycles. The van der Waals surface area contributed by atoms with Gasteiger partial charge in [-0.05, 0) is 67.5 Å². The Kier molecular flexibility index (Phi) is 6.94. The minimum atomic E-state index is -4.24. The minimum absolute atomic E-state index is 0.00245. The van der Waals surface area contributed by atoms with Crippen LogP contribution in [0.3, 0.4) is 0 Å². The molecule has 2 N–H and O–H groups in total. The Morgan fingerprint density at radius 3 is 2.46 bits per heavy atom. The highest BCUT2D eigenvalue weighted by molar-refractivity contribution is 6.09. The van der Waals surface area contributed by atoms with Crippen LogP contribution in [0.4, 0.5) is 23.2 Å². The van der Waals surface area contributed by atoms with Gasteiger partial charge >= 0.3 is 12.0 Å². The molecule has 1 fully saturated rings. The molecule has 10 nitrogen and oxygen atoms in total. The van der Waals surface area contributed by atoms with Gasteiger partial charge in [0.2, 0.25) is 0 Å². The molecule has 234 valence electrons. The van der Waals surface area contributed by atoms with Crippen molar-refractivity contribution >= 4 is 28.5 Å². The van der Waals surface area contributed by atoms with E-state index in [1.54, 1.807) is 22.9 Å². The van der Waals surface area contributed by atoms with Crippen molar-refractivity contribution in [3.05, 3.63) is 95.3 Å². The van der Waals surface area contributed by atoms with Crippen LogP contribution < -0.4 is 15.4 Å². The molecule has 2 amide bonds. The largest absolute Gasteiger partial charge is 0.482 e. The average molecular weight is 632 g/mol. The van der Waals surface area contributed by atoms with Gasteiger partial charge in [0.05, 0.1) is 48.1 Å². The van der Waals surface area contributed by atoms with E-state index in [0.717, 1.165) is 35.7 Å². The molecule has 2 aromatic carbocycles. The SMILES string of the molecule is CC(c1ccc(F)cc1)n1ncc2c(-c3ccc4c(c3)OC(F)(F)C(=O)N4Cc3ncc(F)cn3)c(C(N)=O)c(CC3CC3)nc21. The number of ether oxygens (including phenoxy) is 1. The molecule has 2 aliphatic rings. The van der Waals surface area contributed by atoms with E-state index in [9.17, 15) is 27.2 Å². The second kappa shape index (κ2) is 10.9. The highest BCUT2D eigenvalue weighted by Gasteiger charge is 2.51. The fraction of sp³-hybridized carbons (Fsp3) is 0.250. The Morgan fingerprint density at radius 2 is 1.78 bits per heavy atom. The van der Waals surface area contributed by atoms with Crippen molar-refractivity contribution in [2.75, 3.05) is 4.90 Å². The lowest BCUT2D eigenvalue weighted by Gasteiger charge is -2.33. The average Bonchev–Trinajstić information content (AvgIpc) is 3.74. The Morgan fingerprint density at radius 1 is 1.07 bits per heavy atom. The van der Waals surface area contributed by atoms with Gasteiger partial charge in [0, 0.05) is 10.9 Å². The summed E-state index contributed by atoms with van der Waals surface area (Å²) in [5, 5.41) is 4.99. The summed E-state index contributed by atoms with van der Waals surface area (Å²) >= 11 is 0. The highest BCUT2D eigenvalue weighted by Crippen LogP contribution is 2.45. The van der Waals surface area contributed by atoms with Gasteiger partial charge in [-0.2, -0.15) is 13.9 Å². The third kappa shape index (κ3) is 5.18. The van der Waals surface area contributed by atoms with Gasteiger partial charge in [-0.25, -0.2) is 28.4 Å². The van der Waals surface area contributed by atoms with Crippen LogP contribution in [0.2, 0.25) is 0 Å². The standard InChI is InChI=1S/C32H25F4N7O3/c1-16(18-4-7-20(33)8-5-18)43-30-22(14-40-43)27(28(29(37)44)23(41-30)10-17-2-3-17)19-6-9-24-25(11-19)46-32(35,36)31(45)42(24)15-26-38-12-21(34)13-39-26/h4-9,11-14,16-17H,2-3,10,15H2,1H3,(H2,37,44). The molecule has 0 spiro atoms. The van der Waals surface area contributed by atoms with Crippen molar-refractivity contribution in [3.8, 4) is 16.9 Å². The van der Waals surface area contributed by atoms with Crippen LogP contribution >= 0.6 is 0 Å². The zero-order valence-corrected chi connectivity index (χ0v) is 24.3. The van der Waals surface area contributed by atoms with E-state index in [2.05, 4.69) is 15.1 Å². The smallest absolute Gasteiger partial charge is 0.423 e. The van der Waals surface area contributed by atoms with Gasteiger partial charge in [0.15, 0.2) is 17.2 Å². The first kappa shape index (κ1) is 29.3. The zero-order chi connectivity index (χ0) is 32.3. The number of hydrogen-bond acceptors (Lipinski definition) is 7. The summed E-state index contributed by atoms with van der Waals surface area (Å²) in [7, 11) is 0. The zero-order valence-electron chi connectivity index (χ0n) is 24.3. The molecule has 1 aliphatic carbocycles. The second-order valence-electron chi connectivity index (χ2n) is 11.4. The van der Waals surface area contributed by atoms with Gasteiger partial charge in [0.1, 0.15) is 11.6 Å². The first-order chi connectivity index (χ1) is 22.0. The first-order valence-electron chi connectivity index (χ1n) is 14.4. The Balaban J connectivity index is 1.39. The Labute approximate surface area is 258 Å². The van der Waals surface area contributed by atoms with Gasteiger partial charge in [-0.15, -0.1) is 0 Å². The maximum atomic E-state index is 14.9. The topological polar surface area (TPSA) is 129 Å². The molecular formula is C32H25F4N7O3. The number of alkyl halides is 2. The van der Waals surface area contributed by atoms with Crippen LogP contribution in [0, 0.1) is 17.6 Å². The monoisotopic (exact) mass is 631 g/mol. The van der Waals surface area contributed by atoms with Crippen molar-refractivity contribution in [1.82, 2.24) is 24.7 Å². The first-order valence-corrected chi connectivity index (χ1v) is 14.4. The maximum absolute atomic E-state index is 14.9. The van der Waals surface area contributed by atoms with E-state index in [4.69, 9.17) is 15.5 Å². The number of nitrogens with two attached hydrogens (primary N) is 1. The normalized spacial score (nSPS) is 16.3. The number of hydrogen-bond donors (Lipinski definition) is 1. The van der Waals surface area contributed by atoms with E-state index >= 15 is 0 Å². The number of halogens is 4. The number of fused-ring (bicyclic) bond motifs is 2. The summed E-state index contributed by atoms with van der Waals surface area (Å²) in [6.45, 7) is 1.39. The number of rotatable bonds is 8. The number of nitrogens with zero attached hydrogens (tertiary/aromatic N) is 6. The number of amides is 2. The number of anilines is 1. The second-order valence-corrected chi connectivity index (χ2v) is 11.4. The number of primary amides is 1. The molecule has 5 aromatic rings. The Bertz CT molecular complexity index is 2010. The molecule has 3 aromatic heterocycles. The predicted octanol–water partition coefficient (Wildman–Crippen LogP) is 5.35. The van der Waals surface area contributed by atoms with Gasteiger partial charge in [0.25, 0.3) is 5.91 Å². The van der Waals surface area contributed by atoms with Crippen molar-refractivity contribution in [2.45, 2.75) is 44.9 Å². The molecule has 14 heteroatoms. The lowest BCUT2D eigenvalue weighted by Crippen LogP contribution is -2.50. The lowest BCUT2D eigenvalue weighted by molar-refractivity contribution is -0.193. The Hall–Kier alpha value is -5.40. The van der Waals surface area contributed by atoms with Crippen molar-refractivity contribution in [1.29, 1.82) is 0 Å². The molecule has 1 atom stereocenters. The highest BCUT2D eigenvalue weighted by atomic mass is 19.3. The van der Waals surface area contributed by atoms with Crippen molar-refractivity contribution in [3.63, 3.8) is 0 Å². The van der Waals surface area contributed by atoms with E-state index in [1.165, 1.54) is 30.5 Å². The predicted molar refractivity (Wildman–Crippen MR) is 157 cm³/mol. The number of benzene rings is 2. The number of aromatic nitrogens is 5. The van der Waals surface area contributed by atoms with Gasteiger partial charge < -0.3 is 10.5 Å². The van der Waals surface area contributed by atoms with Crippen LogP contribution in [-0.4, -0.2) is 42.7 Å². The number of carbonyl (C=O) groups excluding carboxylic acids is 2. The number of carbonyl (C=O) groups is 2. The fourth-order valence-corrected chi connectivity index (χ4v) is 5.72. The lowest BCUT2D eigenvalue weighted by atomic mass is 9.93. The molecule has 7 rings (SSSR count). The molecule has 46 heavy (non-hydrogen) atoms. The van der Waals surface area contributed by atoms with Crippen LogP contribution in [0.1, 0.15) is 53.2 Å². The fourth-order valence-electron chi connectivity index (χ4n) is 5.72. The summed E-state index contributed by atoms with van der Waals surface area (Å²) in [6.07, 6.45) is 1.40. The molecule has 0 radical (unpaired) electrons. The molecule has 0 saturated heterocycles. The summed E-state index contributed by atoms with van der Waals surface area (Å²) < 4.78 is 63.4. The van der Waals surface area contributed by atoms with E-state index in [-0.39, 0.29) is 34.7 Å². The molecule has 1 aliphatic heterocycles. The summed E-state index contributed by atoms with van der Waals surface area (Å²) in [6, 6.07) is 9.86. The molecule has 0 bridgehead atoms. The summed E-state index contributed by atoms with van der Waals surface area (Å²) in [5.74, 6) is -3.62. The van der Waals surface area contributed by atoms with E-state index < -0.39 is 30.3 Å². The van der Waals surface area contributed by atoms with Crippen molar-refractivity contribution < 1.29 is 31.9 Å². The van der Waals surface area contributed by atoms with E-state index in [0.29, 0.717) is 40.2 Å². The number of pyridine rings is 1. The molecule has 1 unspecified atom stereocenters. The summed E-state index contributed by atoms with van der Waals surface area (Å²) in [5.41, 5.74) is 8.32. The quantitative estimate of drug-likeness (QED) is 0.229. The van der Waals surface area contributed by atoms with Gasteiger partial charge in [-0.1, -0.05) is 18.2 Å². The van der Waals surface area contributed by atoms with Crippen LogP contribution in [0.5, 0.6) is 5.75 Å². The minimum Gasteiger partial charge on any atom is -0.423 e.